The van der Waals surface area contributed by atoms with E-state index >= 15 is 0 Å². The molecule has 0 aliphatic heterocycles. The van der Waals surface area contributed by atoms with Crippen molar-refractivity contribution in [1.29, 1.82) is 0 Å². The van der Waals surface area contributed by atoms with Crippen molar-refractivity contribution in [3.8, 4) is 5.75 Å². The van der Waals surface area contributed by atoms with Gasteiger partial charge in [-0.15, -0.1) is 0 Å². The second-order valence-corrected chi connectivity index (χ2v) is 5.58. The molecule has 0 aromatic heterocycles. The minimum absolute atomic E-state index is 0.0755. The Kier molecular flexibility index (Phi) is 5.00. The number of amides is 1. The highest BCUT2D eigenvalue weighted by Gasteiger charge is 2.15. The zero-order valence-electron chi connectivity index (χ0n) is 11.4. The first-order chi connectivity index (χ1) is 9.63. The van der Waals surface area contributed by atoms with Crippen LogP contribution in [0.5, 0.6) is 5.75 Å². The number of rotatable bonds is 4. The van der Waals surface area contributed by atoms with E-state index in [1.165, 1.54) is 0 Å². The van der Waals surface area contributed by atoms with E-state index in [0.29, 0.717) is 5.56 Å². The van der Waals surface area contributed by atoms with Crippen LogP contribution in [0.3, 0.4) is 0 Å². The molecule has 2 rings (SSSR count). The van der Waals surface area contributed by atoms with Crippen LogP contribution < -0.4 is 10.1 Å². The van der Waals surface area contributed by atoms with E-state index in [0.717, 1.165) is 14.9 Å². The standard InChI is InChI=1S/C16H16INO2/c1-11(12-7-4-6-10-15(12)20-2)18-16(19)13-8-3-5-9-14(13)17/h3-11H,1-2H3,(H,18,19)/t11-/m1/s1. The molecule has 2 aromatic rings. The van der Waals surface area contributed by atoms with Gasteiger partial charge in [-0.3, -0.25) is 4.79 Å². The summed E-state index contributed by atoms with van der Waals surface area (Å²) < 4.78 is 6.26. The zero-order valence-corrected chi connectivity index (χ0v) is 13.5. The smallest absolute Gasteiger partial charge is 0.252 e. The van der Waals surface area contributed by atoms with Crippen LogP contribution in [0.25, 0.3) is 0 Å². The molecule has 104 valence electrons. The van der Waals surface area contributed by atoms with Gasteiger partial charge in [0.15, 0.2) is 0 Å². The van der Waals surface area contributed by atoms with Gasteiger partial charge >= 0.3 is 0 Å². The van der Waals surface area contributed by atoms with Crippen LogP contribution in [-0.4, -0.2) is 13.0 Å². The van der Waals surface area contributed by atoms with Gasteiger partial charge in [0.1, 0.15) is 5.75 Å². The molecule has 20 heavy (non-hydrogen) atoms. The molecule has 0 saturated carbocycles. The Labute approximate surface area is 132 Å². The number of methoxy groups -OCH3 is 1. The molecule has 0 aliphatic rings. The van der Waals surface area contributed by atoms with Gasteiger partial charge in [-0.2, -0.15) is 0 Å². The average Bonchev–Trinajstić information content (AvgIpc) is 2.47. The maximum Gasteiger partial charge on any atom is 0.252 e. The Morgan fingerprint density at radius 1 is 1.15 bits per heavy atom. The number of carbonyl (C=O) groups is 1. The Morgan fingerprint density at radius 2 is 1.80 bits per heavy atom. The summed E-state index contributed by atoms with van der Waals surface area (Å²) >= 11 is 2.17. The fourth-order valence-corrected chi connectivity index (χ4v) is 2.65. The lowest BCUT2D eigenvalue weighted by atomic mass is 10.1. The third-order valence-corrected chi connectivity index (χ3v) is 4.01. The maximum absolute atomic E-state index is 12.3. The molecule has 0 fully saturated rings. The van der Waals surface area contributed by atoms with Crippen molar-refractivity contribution in [2.75, 3.05) is 7.11 Å². The van der Waals surface area contributed by atoms with E-state index in [1.54, 1.807) is 7.11 Å². The van der Waals surface area contributed by atoms with Gasteiger partial charge in [0.25, 0.3) is 5.91 Å². The summed E-state index contributed by atoms with van der Waals surface area (Å²) in [6, 6.07) is 15.1. The largest absolute Gasteiger partial charge is 0.496 e. The number of para-hydroxylation sites is 1. The molecule has 0 heterocycles. The average molecular weight is 381 g/mol. The highest BCUT2D eigenvalue weighted by molar-refractivity contribution is 14.1. The molecular formula is C16H16INO2. The molecule has 1 amide bonds. The number of carbonyl (C=O) groups excluding carboxylic acids is 1. The molecule has 0 spiro atoms. The summed E-state index contributed by atoms with van der Waals surface area (Å²) in [4.78, 5) is 12.3. The third kappa shape index (κ3) is 3.30. The summed E-state index contributed by atoms with van der Waals surface area (Å²) in [5.41, 5.74) is 1.66. The Hall–Kier alpha value is -1.56. The van der Waals surface area contributed by atoms with Crippen LogP contribution in [0.2, 0.25) is 0 Å². The van der Waals surface area contributed by atoms with E-state index in [4.69, 9.17) is 4.74 Å². The summed E-state index contributed by atoms with van der Waals surface area (Å²) in [6.07, 6.45) is 0. The second-order valence-electron chi connectivity index (χ2n) is 4.42. The number of hydrogen-bond acceptors (Lipinski definition) is 2. The van der Waals surface area contributed by atoms with Gasteiger partial charge in [-0.1, -0.05) is 30.3 Å². The normalized spacial score (nSPS) is 11.8. The lowest BCUT2D eigenvalue weighted by molar-refractivity contribution is 0.0938. The number of nitrogens with one attached hydrogen (secondary N) is 1. The first-order valence-electron chi connectivity index (χ1n) is 6.31. The summed E-state index contributed by atoms with van der Waals surface area (Å²) in [5.74, 6) is 0.705. The van der Waals surface area contributed by atoms with E-state index in [2.05, 4.69) is 27.9 Å². The summed E-state index contributed by atoms with van der Waals surface area (Å²) in [6.45, 7) is 1.95. The van der Waals surface area contributed by atoms with Gasteiger partial charge in [0.2, 0.25) is 0 Å². The molecule has 1 atom stereocenters. The van der Waals surface area contributed by atoms with Crippen molar-refractivity contribution in [2.24, 2.45) is 0 Å². The predicted octanol–water partition coefficient (Wildman–Crippen LogP) is 3.79. The molecule has 1 N–H and O–H groups in total. The highest BCUT2D eigenvalue weighted by atomic mass is 127. The molecule has 4 heteroatoms. The molecule has 0 radical (unpaired) electrons. The lowest BCUT2D eigenvalue weighted by Crippen LogP contribution is -2.27. The molecular weight excluding hydrogens is 365 g/mol. The van der Waals surface area contributed by atoms with Gasteiger partial charge in [-0.05, 0) is 47.7 Å². The first-order valence-corrected chi connectivity index (χ1v) is 7.39. The van der Waals surface area contributed by atoms with Crippen molar-refractivity contribution < 1.29 is 9.53 Å². The molecule has 0 aliphatic carbocycles. The number of hydrogen-bond donors (Lipinski definition) is 1. The Morgan fingerprint density at radius 3 is 2.50 bits per heavy atom. The van der Waals surface area contributed by atoms with Crippen LogP contribution in [0.4, 0.5) is 0 Å². The fraction of sp³-hybridized carbons (Fsp3) is 0.188. The lowest BCUT2D eigenvalue weighted by Gasteiger charge is -2.17. The van der Waals surface area contributed by atoms with Gasteiger partial charge in [0.05, 0.1) is 18.7 Å². The minimum atomic E-state index is -0.116. The van der Waals surface area contributed by atoms with Crippen LogP contribution in [0, 0.1) is 3.57 Å². The van der Waals surface area contributed by atoms with Crippen LogP contribution in [0.1, 0.15) is 28.9 Å². The second kappa shape index (κ2) is 6.74. The van der Waals surface area contributed by atoms with E-state index in [1.807, 2.05) is 55.5 Å². The number of benzene rings is 2. The Bertz CT molecular complexity index is 613. The fourth-order valence-electron chi connectivity index (χ4n) is 2.02. The van der Waals surface area contributed by atoms with Crippen molar-refractivity contribution in [1.82, 2.24) is 5.32 Å². The summed E-state index contributed by atoms with van der Waals surface area (Å²) in [7, 11) is 1.63. The molecule has 0 saturated heterocycles. The van der Waals surface area contributed by atoms with Crippen LogP contribution in [-0.2, 0) is 0 Å². The molecule has 2 aromatic carbocycles. The third-order valence-electron chi connectivity index (χ3n) is 3.07. The van der Waals surface area contributed by atoms with Gasteiger partial charge in [-0.25, -0.2) is 0 Å². The van der Waals surface area contributed by atoms with E-state index in [9.17, 15) is 4.79 Å². The van der Waals surface area contributed by atoms with Crippen molar-refractivity contribution >= 4 is 28.5 Å². The zero-order chi connectivity index (χ0) is 14.5. The van der Waals surface area contributed by atoms with Crippen LogP contribution >= 0.6 is 22.6 Å². The summed E-state index contributed by atoms with van der Waals surface area (Å²) in [5, 5.41) is 3.00. The number of halogens is 1. The molecule has 3 nitrogen and oxygen atoms in total. The topological polar surface area (TPSA) is 38.3 Å². The highest BCUT2D eigenvalue weighted by Crippen LogP contribution is 2.24. The molecule has 0 unspecified atom stereocenters. The van der Waals surface area contributed by atoms with Crippen molar-refractivity contribution in [2.45, 2.75) is 13.0 Å². The number of ether oxygens (including phenoxy) is 1. The van der Waals surface area contributed by atoms with Crippen LogP contribution in [0.15, 0.2) is 48.5 Å². The Balaban J connectivity index is 2.18. The van der Waals surface area contributed by atoms with E-state index < -0.39 is 0 Å². The minimum Gasteiger partial charge on any atom is -0.496 e. The molecule has 0 bridgehead atoms. The van der Waals surface area contributed by atoms with E-state index in [-0.39, 0.29) is 11.9 Å². The first kappa shape index (κ1) is 14.8. The van der Waals surface area contributed by atoms with Gasteiger partial charge < -0.3 is 10.1 Å². The van der Waals surface area contributed by atoms with Gasteiger partial charge in [0, 0.05) is 9.13 Å². The maximum atomic E-state index is 12.3. The monoisotopic (exact) mass is 381 g/mol. The quantitative estimate of drug-likeness (QED) is 0.819. The predicted molar refractivity (Wildman–Crippen MR) is 88.0 cm³/mol. The van der Waals surface area contributed by atoms with Crippen molar-refractivity contribution in [3.05, 3.63) is 63.2 Å². The SMILES string of the molecule is COc1ccccc1[C@@H](C)NC(=O)c1ccccc1I. The van der Waals surface area contributed by atoms with Crippen molar-refractivity contribution in [3.63, 3.8) is 0 Å².